The van der Waals surface area contributed by atoms with Crippen LogP contribution in [-0.4, -0.2) is 24.0 Å². The van der Waals surface area contributed by atoms with Crippen molar-refractivity contribution in [2.75, 3.05) is 6.54 Å². The first-order valence-electron chi connectivity index (χ1n) is 6.68. The Labute approximate surface area is 98.4 Å². The number of nitrogens with one attached hydrogen (secondary N) is 2. The van der Waals surface area contributed by atoms with Crippen molar-refractivity contribution in [3.63, 3.8) is 0 Å². The predicted octanol–water partition coefficient (Wildman–Crippen LogP) is 1.82. The fourth-order valence-electron chi connectivity index (χ4n) is 2.94. The summed E-state index contributed by atoms with van der Waals surface area (Å²) in [6, 6.07) is 0.410. The van der Waals surface area contributed by atoms with E-state index in [9.17, 15) is 4.79 Å². The number of carbonyl (C=O) groups excluding carboxylic acids is 1. The van der Waals surface area contributed by atoms with E-state index in [0.29, 0.717) is 12.0 Å². The Hall–Kier alpha value is -0.570. The van der Waals surface area contributed by atoms with Gasteiger partial charge in [-0.3, -0.25) is 4.79 Å². The quantitative estimate of drug-likeness (QED) is 0.751. The Bertz CT molecular complexity index is 259. The molecule has 92 valence electrons. The Morgan fingerprint density at radius 3 is 2.69 bits per heavy atom. The molecule has 3 heteroatoms. The van der Waals surface area contributed by atoms with Gasteiger partial charge in [-0.15, -0.1) is 0 Å². The molecule has 2 aliphatic rings. The van der Waals surface area contributed by atoms with E-state index in [-0.39, 0.29) is 11.4 Å². The normalized spacial score (nSPS) is 39.6. The molecule has 0 aromatic carbocycles. The molecule has 1 amide bonds. The number of rotatable bonds is 2. The van der Waals surface area contributed by atoms with Crippen LogP contribution in [0.25, 0.3) is 0 Å². The molecule has 2 N–H and O–H groups in total. The van der Waals surface area contributed by atoms with Crippen molar-refractivity contribution >= 4 is 5.91 Å². The molecular weight excluding hydrogens is 200 g/mol. The summed E-state index contributed by atoms with van der Waals surface area (Å²) in [5.41, 5.74) is -0.319. The summed E-state index contributed by atoms with van der Waals surface area (Å²) in [5, 5.41) is 6.61. The molecule has 0 spiro atoms. The molecule has 3 atom stereocenters. The minimum absolute atomic E-state index is 0.214. The van der Waals surface area contributed by atoms with Crippen molar-refractivity contribution in [3.05, 3.63) is 0 Å². The Morgan fingerprint density at radius 2 is 2.12 bits per heavy atom. The lowest BCUT2D eigenvalue weighted by Gasteiger charge is -2.35. The Balaban J connectivity index is 1.91. The van der Waals surface area contributed by atoms with Gasteiger partial charge >= 0.3 is 0 Å². The minimum Gasteiger partial charge on any atom is -0.352 e. The Morgan fingerprint density at radius 1 is 1.31 bits per heavy atom. The number of amides is 1. The van der Waals surface area contributed by atoms with Crippen LogP contribution in [0.4, 0.5) is 0 Å². The van der Waals surface area contributed by atoms with Gasteiger partial charge in [0.1, 0.15) is 0 Å². The van der Waals surface area contributed by atoms with Crippen LogP contribution in [0.5, 0.6) is 0 Å². The molecule has 16 heavy (non-hydrogen) atoms. The third kappa shape index (κ3) is 2.40. The molecule has 1 aliphatic heterocycles. The van der Waals surface area contributed by atoms with E-state index >= 15 is 0 Å². The minimum atomic E-state index is -0.319. The second kappa shape index (κ2) is 4.74. The van der Waals surface area contributed by atoms with Gasteiger partial charge in [0.2, 0.25) is 5.91 Å². The smallest absolute Gasteiger partial charge is 0.240 e. The van der Waals surface area contributed by atoms with Crippen LogP contribution in [0.3, 0.4) is 0 Å². The lowest BCUT2D eigenvalue weighted by molar-refractivity contribution is -0.128. The highest BCUT2D eigenvalue weighted by atomic mass is 16.2. The van der Waals surface area contributed by atoms with E-state index in [1.165, 1.54) is 19.3 Å². The number of piperidine rings is 1. The van der Waals surface area contributed by atoms with Crippen LogP contribution in [0.1, 0.15) is 52.4 Å². The summed E-state index contributed by atoms with van der Waals surface area (Å²) < 4.78 is 0. The van der Waals surface area contributed by atoms with Gasteiger partial charge in [-0.2, -0.15) is 0 Å². The van der Waals surface area contributed by atoms with Crippen molar-refractivity contribution in [1.82, 2.24) is 10.6 Å². The number of carbonyl (C=O) groups is 1. The first-order chi connectivity index (χ1) is 7.62. The average Bonchev–Trinajstić information content (AvgIpc) is 2.65. The molecule has 1 saturated heterocycles. The van der Waals surface area contributed by atoms with Gasteiger partial charge in [0, 0.05) is 6.04 Å². The summed E-state index contributed by atoms with van der Waals surface area (Å²) in [6.07, 6.45) is 7.01. The highest BCUT2D eigenvalue weighted by Gasteiger charge is 2.36. The molecule has 0 aromatic rings. The van der Waals surface area contributed by atoms with Crippen LogP contribution in [0.15, 0.2) is 0 Å². The molecule has 1 saturated carbocycles. The topological polar surface area (TPSA) is 41.1 Å². The lowest BCUT2D eigenvalue weighted by Crippen LogP contribution is -2.58. The molecular formula is C13H24N2O. The second-order valence-corrected chi connectivity index (χ2v) is 5.70. The first-order valence-corrected chi connectivity index (χ1v) is 6.68. The summed E-state index contributed by atoms with van der Waals surface area (Å²) >= 11 is 0. The molecule has 0 radical (unpaired) electrons. The van der Waals surface area contributed by atoms with Crippen molar-refractivity contribution in [1.29, 1.82) is 0 Å². The SMILES string of the molecule is CC1CCCC1NC(=O)C1(C)CCCCN1. The van der Waals surface area contributed by atoms with E-state index in [4.69, 9.17) is 0 Å². The van der Waals surface area contributed by atoms with Gasteiger partial charge in [0.05, 0.1) is 5.54 Å². The zero-order valence-corrected chi connectivity index (χ0v) is 10.5. The second-order valence-electron chi connectivity index (χ2n) is 5.70. The van der Waals surface area contributed by atoms with E-state index in [0.717, 1.165) is 25.8 Å². The van der Waals surface area contributed by atoms with Gasteiger partial charge in [-0.05, 0) is 51.5 Å². The molecule has 1 aliphatic carbocycles. The Kier molecular flexibility index (Phi) is 3.53. The maximum absolute atomic E-state index is 12.2. The van der Waals surface area contributed by atoms with Gasteiger partial charge in [-0.1, -0.05) is 13.3 Å². The van der Waals surface area contributed by atoms with Gasteiger partial charge in [-0.25, -0.2) is 0 Å². The highest BCUT2D eigenvalue weighted by Crippen LogP contribution is 2.26. The van der Waals surface area contributed by atoms with E-state index in [1.807, 2.05) is 6.92 Å². The summed E-state index contributed by atoms with van der Waals surface area (Å²) in [7, 11) is 0. The van der Waals surface area contributed by atoms with Crippen molar-refractivity contribution in [2.24, 2.45) is 5.92 Å². The maximum atomic E-state index is 12.2. The van der Waals surface area contributed by atoms with Crippen LogP contribution in [0, 0.1) is 5.92 Å². The molecule has 0 bridgehead atoms. The summed E-state index contributed by atoms with van der Waals surface area (Å²) in [6.45, 7) is 5.26. The van der Waals surface area contributed by atoms with E-state index < -0.39 is 0 Å². The standard InChI is InChI=1S/C13H24N2O/c1-10-6-5-7-11(10)15-12(16)13(2)8-3-4-9-14-13/h10-11,14H,3-9H2,1-2H3,(H,15,16). The zero-order valence-electron chi connectivity index (χ0n) is 10.5. The van der Waals surface area contributed by atoms with Crippen LogP contribution < -0.4 is 10.6 Å². The molecule has 1 heterocycles. The van der Waals surface area contributed by atoms with Gasteiger partial charge in [0.25, 0.3) is 0 Å². The summed E-state index contributed by atoms with van der Waals surface area (Å²) in [4.78, 5) is 12.2. The maximum Gasteiger partial charge on any atom is 0.240 e. The van der Waals surface area contributed by atoms with Crippen molar-refractivity contribution in [3.8, 4) is 0 Å². The summed E-state index contributed by atoms with van der Waals surface area (Å²) in [5.74, 6) is 0.863. The van der Waals surface area contributed by atoms with Crippen LogP contribution >= 0.6 is 0 Å². The molecule has 3 unspecified atom stereocenters. The average molecular weight is 224 g/mol. The molecule has 2 fully saturated rings. The van der Waals surface area contributed by atoms with Crippen molar-refractivity contribution in [2.45, 2.75) is 64.0 Å². The number of hydrogen-bond donors (Lipinski definition) is 2. The monoisotopic (exact) mass is 224 g/mol. The van der Waals surface area contributed by atoms with Gasteiger partial charge < -0.3 is 10.6 Å². The molecule has 3 nitrogen and oxygen atoms in total. The third-order valence-electron chi connectivity index (χ3n) is 4.30. The third-order valence-corrected chi connectivity index (χ3v) is 4.30. The fraction of sp³-hybridized carbons (Fsp3) is 0.923. The van der Waals surface area contributed by atoms with Gasteiger partial charge in [0.15, 0.2) is 0 Å². The largest absolute Gasteiger partial charge is 0.352 e. The van der Waals surface area contributed by atoms with Crippen molar-refractivity contribution < 1.29 is 4.79 Å². The molecule has 0 aromatic heterocycles. The zero-order chi connectivity index (χ0) is 11.6. The fourth-order valence-corrected chi connectivity index (χ4v) is 2.94. The predicted molar refractivity (Wildman–Crippen MR) is 65.2 cm³/mol. The lowest BCUT2D eigenvalue weighted by atomic mass is 9.89. The first kappa shape index (κ1) is 11.9. The van der Waals surface area contributed by atoms with E-state index in [2.05, 4.69) is 17.6 Å². The highest BCUT2D eigenvalue weighted by molar-refractivity contribution is 5.86. The number of hydrogen-bond acceptors (Lipinski definition) is 2. The van der Waals surface area contributed by atoms with E-state index in [1.54, 1.807) is 0 Å². The van der Waals surface area contributed by atoms with Crippen LogP contribution in [0.2, 0.25) is 0 Å². The van der Waals surface area contributed by atoms with Crippen LogP contribution in [-0.2, 0) is 4.79 Å². The molecule has 2 rings (SSSR count).